The molecule has 0 atom stereocenters. The van der Waals surface area contributed by atoms with Gasteiger partial charge in [0.05, 0.1) is 10.5 Å². The van der Waals surface area contributed by atoms with E-state index in [-0.39, 0.29) is 23.6 Å². The number of rotatable bonds is 5. The molecule has 0 saturated carbocycles. The van der Waals surface area contributed by atoms with Crippen molar-refractivity contribution in [2.24, 2.45) is 0 Å². The number of ether oxygens (including phenoxy) is 1. The molecule has 0 N–H and O–H groups in total. The summed E-state index contributed by atoms with van der Waals surface area (Å²) in [6.07, 6.45) is 0. The van der Waals surface area contributed by atoms with Gasteiger partial charge in [0.2, 0.25) is 5.89 Å². The lowest BCUT2D eigenvalue weighted by molar-refractivity contribution is -0.385. The van der Waals surface area contributed by atoms with Crippen LogP contribution in [0.1, 0.15) is 26.6 Å². The molecule has 1 aliphatic rings. The zero-order chi connectivity index (χ0) is 19.8. The molecule has 4 rings (SSSR count). The molecule has 0 radical (unpaired) electrons. The van der Waals surface area contributed by atoms with Crippen molar-refractivity contribution in [1.29, 1.82) is 0 Å². The number of carbonyl (C=O) groups is 3. The zero-order valence-electron chi connectivity index (χ0n) is 14.2. The Kier molecular flexibility index (Phi) is 4.07. The molecule has 10 nitrogen and oxygen atoms in total. The second-order valence-corrected chi connectivity index (χ2v) is 5.89. The first-order valence-corrected chi connectivity index (χ1v) is 8.09. The Labute approximate surface area is 156 Å². The van der Waals surface area contributed by atoms with Crippen molar-refractivity contribution in [3.8, 4) is 0 Å². The van der Waals surface area contributed by atoms with Gasteiger partial charge in [-0.05, 0) is 18.2 Å². The van der Waals surface area contributed by atoms with E-state index in [1.54, 1.807) is 24.3 Å². The number of oxazole rings is 1. The van der Waals surface area contributed by atoms with E-state index in [1.165, 1.54) is 12.1 Å². The van der Waals surface area contributed by atoms with E-state index in [9.17, 15) is 24.5 Å². The molecule has 1 aliphatic heterocycles. The van der Waals surface area contributed by atoms with Crippen LogP contribution in [0.4, 0.5) is 5.69 Å². The average Bonchev–Trinajstić information content (AvgIpc) is 3.21. The van der Waals surface area contributed by atoms with Crippen LogP contribution in [0.5, 0.6) is 0 Å². The number of hydrogen-bond acceptors (Lipinski definition) is 8. The summed E-state index contributed by atoms with van der Waals surface area (Å²) in [4.78, 5) is 52.0. The van der Waals surface area contributed by atoms with E-state index in [0.717, 1.165) is 6.07 Å². The van der Waals surface area contributed by atoms with Gasteiger partial charge in [0.1, 0.15) is 17.6 Å². The van der Waals surface area contributed by atoms with Gasteiger partial charge >= 0.3 is 5.97 Å². The van der Waals surface area contributed by atoms with Gasteiger partial charge in [0, 0.05) is 6.07 Å². The molecule has 28 heavy (non-hydrogen) atoms. The van der Waals surface area contributed by atoms with E-state index < -0.39 is 34.9 Å². The summed E-state index contributed by atoms with van der Waals surface area (Å²) in [5, 5.41) is 11.1. The number of amides is 2. The summed E-state index contributed by atoms with van der Waals surface area (Å²) in [6.45, 7) is -0.958. The van der Waals surface area contributed by atoms with Gasteiger partial charge in [-0.3, -0.25) is 29.4 Å². The van der Waals surface area contributed by atoms with Gasteiger partial charge in [-0.1, -0.05) is 18.2 Å². The Morgan fingerprint density at radius 2 is 1.93 bits per heavy atom. The molecule has 140 valence electrons. The van der Waals surface area contributed by atoms with Crippen molar-refractivity contribution in [3.63, 3.8) is 0 Å². The van der Waals surface area contributed by atoms with Gasteiger partial charge in [-0.2, -0.15) is 0 Å². The van der Waals surface area contributed by atoms with Crippen molar-refractivity contribution in [3.05, 3.63) is 69.6 Å². The van der Waals surface area contributed by atoms with E-state index in [0.29, 0.717) is 16.0 Å². The van der Waals surface area contributed by atoms with Gasteiger partial charge < -0.3 is 9.15 Å². The lowest BCUT2D eigenvalue weighted by Gasteiger charge is -2.12. The fraction of sp³-hybridized carbons (Fsp3) is 0.111. The van der Waals surface area contributed by atoms with Crippen LogP contribution in [0.25, 0.3) is 11.1 Å². The highest BCUT2D eigenvalue weighted by atomic mass is 16.6. The Morgan fingerprint density at radius 3 is 2.68 bits per heavy atom. The largest absolute Gasteiger partial charge is 0.454 e. The highest BCUT2D eigenvalue weighted by Crippen LogP contribution is 2.30. The molecule has 2 amide bonds. The van der Waals surface area contributed by atoms with Gasteiger partial charge in [0.15, 0.2) is 12.2 Å². The Bertz CT molecular complexity index is 1120. The minimum absolute atomic E-state index is 0.119. The summed E-state index contributed by atoms with van der Waals surface area (Å²) < 4.78 is 10.4. The molecule has 0 unspecified atom stereocenters. The average molecular weight is 381 g/mol. The Morgan fingerprint density at radius 1 is 1.14 bits per heavy atom. The van der Waals surface area contributed by atoms with Crippen LogP contribution in [0, 0.1) is 10.1 Å². The minimum atomic E-state index is -0.911. The fourth-order valence-corrected chi connectivity index (χ4v) is 2.91. The third-order valence-corrected chi connectivity index (χ3v) is 4.16. The van der Waals surface area contributed by atoms with Crippen LogP contribution < -0.4 is 0 Å². The molecule has 0 aliphatic carbocycles. The van der Waals surface area contributed by atoms with Crippen LogP contribution in [0.3, 0.4) is 0 Å². The highest BCUT2D eigenvalue weighted by Gasteiger charge is 2.41. The number of benzene rings is 2. The fourth-order valence-electron chi connectivity index (χ4n) is 2.91. The lowest BCUT2D eigenvalue weighted by atomic mass is 10.1. The molecule has 2 heterocycles. The molecule has 1 aromatic heterocycles. The number of para-hydroxylation sites is 2. The van der Waals surface area contributed by atoms with Gasteiger partial charge in [0.25, 0.3) is 17.5 Å². The van der Waals surface area contributed by atoms with Crippen LogP contribution >= 0.6 is 0 Å². The van der Waals surface area contributed by atoms with Crippen LogP contribution in [-0.2, 0) is 16.1 Å². The first-order chi connectivity index (χ1) is 13.5. The molecule has 3 aromatic rings. The molecular formula is C18H11N3O7. The van der Waals surface area contributed by atoms with E-state index in [4.69, 9.17) is 9.15 Å². The zero-order valence-corrected chi connectivity index (χ0v) is 14.2. The molecule has 0 spiro atoms. The number of nitrogens with zero attached hydrogens (tertiary/aromatic N) is 3. The van der Waals surface area contributed by atoms with Gasteiger partial charge in [-0.25, -0.2) is 4.98 Å². The molecule has 0 fully saturated rings. The molecule has 2 aromatic carbocycles. The first-order valence-electron chi connectivity index (χ1n) is 8.09. The van der Waals surface area contributed by atoms with E-state index in [1.807, 2.05) is 0 Å². The standard InChI is InChI=1S/C18H11N3O7/c22-15(27-9-14-19-11-5-1-2-7-13(11)28-14)8-20-17(23)10-4-3-6-12(21(25)26)16(10)18(20)24/h1-7H,8-9H2. The maximum Gasteiger partial charge on any atom is 0.326 e. The number of nitro benzene ring substituents is 1. The number of fused-ring (bicyclic) bond motifs is 2. The van der Waals surface area contributed by atoms with Crippen molar-refractivity contribution < 1.29 is 28.5 Å². The highest BCUT2D eigenvalue weighted by molar-refractivity contribution is 6.24. The Balaban J connectivity index is 1.46. The topological polar surface area (TPSA) is 133 Å². The second kappa shape index (κ2) is 6.58. The maximum atomic E-state index is 12.4. The van der Waals surface area contributed by atoms with E-state index in [2.05, 4.69) is 4.98 Å². The molecule has 0 saturated heterocycles. The molecule has 0 bridgehead atoms. The number of esters is 1. The first kappa shape index (κ1) is 17.3. The van der Waals surface area contributed by atoms with Crippen molar-refractivity contribution in [2.45, 2.75) is 6.61 Å². The SMILES string of the molecule is O=C(CN1C(=O)c2cccc([N+](=O)[O-])c2C1=O)OCc1nc2ccccc2o1. The number of hydrogen-bond donors (Lipinski definition) is 0. The lowest BCUT2D eigenvalue weighted by Crippen LogP contribution is -2.35. The minimum Gasteiger partial charge on any atom is -0.454 e. The summed E-state index contributed by atoms with van der Waals surface area (Å²) in [6, 6.07) is 10.7. The number of carbonyl (C=O) groups excluding carboxylic acids is 3. The summed E-state index contributed by atoms with van der Waals surface area (Å²) in [7, 11) is 0. The molecular weight excluding hydrogens is 370 g/mol. The normalized spacial score (nSPS) is 13.1. The predicted octanol–water partition coefficient (Wildman–Crippen LogP) is 2.08. The van der Waals surface area contributed by atoms with E-state index >= 15 is 0 Å². The monoisotopic (exact) mass is 381 g/mol. The van der Waals surface area contributed by atoms with Gasteiger partial charge in [-0.15, -0.1) is 0 Å². The Hall–Kier alpha value is -4.08. The van der Waals surface area contributed by atoms with Crippen LogP contribution in [0.15, 0.2) is 46.9 Å². The number of aromatic nitrogens is 1. The quantitative estimate of drug-likeness (QED) is 0.284. The summed E-state index contributed by atoms with van der Waals surface area (Å²) in [5.41, 5.74) is 0.191. The van der Waals surface area contributed by atoms with Crippen molar-refractivity contribution in [2.75, 3.05) is 6.54 Å². The summed E-state index contributed by atoms with van der Waals surface area (Å²) in [5.74, 6) is -2.42. The summed E-state index contributed by atoms with van der Waals surface area (Å²) >= 11 is 0. The van der Waals surface area contributed by atoms with Crippen molar-refractivity contribution >= 4 is 34.6 Å². The molecule has 10 heteroatoms. The third-order valence-electron chi connectivity index (χ3n) is 4.16. The second-order valence-electron chi connectivity index (χ2n) is 5.89. The smallest absolute Gasteiger partial charge is 0.326 e. The van der Waals surface area contributed by atoms with Crippen LogP contribution in [-0.4, -0.2) is 39.1 Å². The van der Waals surface area contributed by atoms with Crippen molar-refractivity contribution in [1.82, 2.24) is 9.88 Å². The maximum absolute atomic E-state index is 12.4. The van der Waals surface area contributed by atoms with Crippen LogP contribution in [0.2, 0.25) is 0 Å². The number of nitro groups is 1. The predicted molar refractivity (Wildman–Crippen MR) is 92.3 cm³/mol. The third kappa shape index (κ3) is 2.86. The number of imide groups is 1.